The summed E-state index contributed by atoms with van der Waals surface area (Å²) in [6.07, 6.45) is 10.8. The molecule has 1 aliphatic carbocycles. The Bertz CT molecular complexity index is 202. The fourth-order valence-electron chi connectivity index (χ4n) is 1.15. The van der Waals surface area contributed by atoms with Crippen LogP contribution in [0.5, 0.6) is 0 Å². The maximum Gasteiger partial charge on any atom is 0.00783 e. The van der Waals surface area contributed by atoms with Crippen LogP contribution in [0.15, 0.2) is 36.0 Å². The smallest absolute Gasteiger partial charge is 0.00783 e. The Morgan fingerprint density at radius 2 is 2.10 bits per heavy atom. The molecule has 0 heterocycles. The minimum atomic E-state index is 0.256. The second-order valence-corrected chi connectivity index (χ2v) is 3.20. The molecule has 0 spiro atoms. The predicted molar refractivity (Wildman–Crippen MR) is 45.8 cm³/mol. The molecule has 54 valence electrons. The van der Waals surface area contributed by atoms with Crippen molar-refractivity contribution in [2.75, 3.05) is 0 Å². The minimum Gasteiger partial charge on any atom is -0.0874 e. The van der Waals surface area contributed by atoms with Crippen molar-refractivity contribution in [1.29, 1.82) is 0 Å². The maximum atomic E-state index is 2.22. The van der Waals surface area contributed by atoms with Crippen molar-refractivity contribution in [2.24, 2.45) is 5.41 Å². The molecule has 0 aromatic rings. The van der Waals surface area contributed by atoms with Gasteiger partial charge in [0.1, 0.15) is 0 Å². The average Bonchev–Trinajstić information content (AvgIpc) is 2.13. The lowest BCUT2D eigenvalue weighted by molar-refractivity contribution is 0.606. The molecule has 0 heteroatoms. The Balaban J connectivity index is 2.82. The monoisotopic (exact) mass is 134 g/mol. The van der Waals surface area contributed by atoms with E-state index in [1.165, 1.54) is 5.57 Å². The highest BCUT2D eigenvalue weighted by atomic mass is 14.2. The zero-order chi connectivity index (χ0) is 7.61. The van der Waals surface area contributed by atoms with Crippen LogP contribution >= 0.6 is 0 Å². The van der Waals surface area contributed by atoms with E-state index in [2.05, 4.69) is 51.2 Å². The normalized spacial score (nSPS) is 22.1. The van der Waals surface area contributed by atoms with Crippen molar-refractivity contribution in [1.82, 2.24) is 0 Å². The minimum absolute atomic E-state index is 0.256. The summed E-state index contributed by atoms with van der Waals surface area (Å²) in [6, 6.07) is 0. The molecule has 1 aliphatic rings. The summed E-state index contributed by atoms with van der Waals surface area (Å²) in [5.74, 6) is 0. The highest BCUT2D eigenvalue weighted by Gasteiger charge is 2.19. The van der Waals surface area contributed by atoms with Crippen LogP contribution in [0.4, 0.5) is 0 Å². The number of hydrogen-bond donors (Lipinski definition) is 0. The van der Waals surface area contributed by atoms with Gasteiger partial charge in [0, 0.05) is 5.41 Å². The van der Waals surface area contributed by atoms with Gasteiger partial charge in [-0.3, -0.25) is 0 Å². The fraction of sp³-hybridized carbons (Fsp3) is 0.400. The molecular weight excluding hydrogens is 120 g/mol. The standard InChI is InChI=1S/C10H14/c1-4-6-9-7-5-8-10(9,2)3/h4-8H,1-3H3/b6-4+. The molecule has 0 aliphatic heterocycles. The molecule has 0 saturated carbocycles. The van der Waals surface area contributed by atoms with E-state index in [1.54, 1.807) is 0 Å². The molecule has 0 amide bonds. The van der Waals surface area contributed by atoms with Gasteiger partial charge in [0.25, 0.3) is 0 Å². The van der Waals surface area contributed by atoms with Crippen molar-refractivity contribution < 1.29 is 0 Å². The third-order valence-electron chi connectivity index (χ3n) is 1.88. The Labute approximate surface area is 62.9 Å². The summed E-state index contributed by atoms with van der Waals surface area (Å²) in [5.41, 5.74) is 1.65. The molecule has 0 radical (unpaired) electrons. The SMILES string of the molecule is C/C=C/C1=CC=CC1(C)C. The van der Waals surface area contributed by atoms with Gasteiger partial charge in [-0.05, 0) is 12.5 Å². The molecule has 0 atom stereocenters. The van der Waals surface area contributed by atoms with Gasteiger partial charge >= 0.3 is 0 Å². The van der Waals surface area contributed by atoms with Crippen molar-refractivity contribution in [2.45, 2.75) is 20.8 Å². The third-order valence-corrected chi connectivity index (χ3v) is 1.88. The largest absolute Gasteiger partial charge is 0.0874 e. The summed E-state index contributed by atoms with van der Waals surface area (Å²) in [5, 5.41) is 0. The number of allylic oxidation sites excluding steroid dienone is 6. The van der Waals surface area contributed by atoms with Gasteiger partial charge in [-0.1, -0.05) is 44.2 Å². The first-order valence-corrected chi connectivity index (χ1v) is 3.69. The lowest BCUT2D eigenvalue weighted by Gasteiger charge is -2.17. The van der Waals surface area contributed by atoms with Gasteiger partial charge < -0.3 is 0 Å². The van der Waals surface area contributed by atoms with Crippen LogP contribution in [0.1, 0.15) is 20.8 Å². The summed E-state index contributed by atoms with van der Waals surface area (Å²) in [6.45, 7) is 6.50. The zero-order valence-electron chi connectivity index (χ0n) is 6.89. The van der Waals surface area contributed by atoms with E-state index in [0.717, 1.165) is 0 Å². The van der Waals surface area contributed by atoms with Gasteiger partial charge in [0.15, 0.2) is 0 Å². The van der Waals surface area contributed by atoms with Crippen LogP contribution < -0.4 is 0 Å². The van der Waals surface area contributed by atoms with Crippen LogP contribution in [0.3, 0.4) is 0 Å². The first kappa shape index (κ1) is 7.33. The average molecular weight is 134 g/mol. The van der Waals surface area contributed by atoms with E-state index in [1.807, 2.05) is 0 Å². The molecule has 1 rings (SSSR count). The first-order chi connectivity index (χ1) is 4.67. The zero-order valence-corrected chi connectivity index (χ0v) is 6.89. The predicted octanol–water partition coefficient (Wildman–Crippen LogP) is 3.08. The second kappa shape index (κ2) is 2.45. The Morgan fingerprint density at radius 3 is 2.50 bits per heavy atom. The van der Waals surface area contributed by atoms with Crippen molar-refractivity contribution in [3.05, 3.63) is 36.0 Å². The Kier molecular flexibility index (Phi) is 1.80. The van der Waals surface area contributed by atoms with Gasteiger partial charge in [-0.2, -0.15) is 0 Å². The van der Waals surface area contributed by atoms with E-state index in [0.29, 0.717) is 0 Å². The van der Waals surface area contributed by atoms with Crippen LogP contribution in [0, 0.1) is 5.41 Å². The number of hydrogen-bond acceptors (Lipinski definition) is 0. The van der Waals surface area contributed by atoms with E-state index < -0.39 is 0 Å². The molecule has 0 unspecified atom stereocenters. The summed E-state index contributed by atoms with van der Waals surface area (Å²) >= 11 is 0. The maximum absolute atomic E-state index is 2.22. The van der Waals surface area contributed by atoms with Gasteiger partial charge in [0.05, 0.1) is 0 Å². The van der Waals surface area contributed by atoms with E-state index >= 15 is 0 Å². The molecule has 10 heavy (non-hydrogen) atoms. The molecular formula is C10H14. The van der Waals surface area contributed by atoms with E-state index in [-0.39, 0.29) is 5.41 Å². The molecule has 0 fully saturated rings. The summed E-state index contributed by atoms with van der Waals surface area (Å²) < 4.78 is 0. The summed E-state index contributed by atoms with van der Waals surface area (Å²) in [7, 11) is 0. The van der Waals surface area contributed by atoms with Crippen LogP contribution in [0.2, 0.25) is 0 Å². The molecule has 0 aromatic carbocycles. The molecule has 0 N–H and O–H groups in total. The highest BCUT2D eigenvalue weighted by molar-refractivity contribution is 5.38. The van der Waals surface area contributed by atoms with Crippen molar-refractivity contribution in [3.63, 3.8) is 0 Å². The molecule has 0 aromatic heterocycles. The first-order valence-electron chi connectivity index (χ1n) is 3.69. The van der Waals surface area contributed by atoms with Gasteiger partial charge in [0.2, 0.25) is 0 Å². The van der Waals surface area contributed by atoms with E-state index in [9.17, 15) is 0 Å². The van der Waals surface area contributed by atoms with Crippen LogP contribution in [-0.2, 0) is 0 Å². The second-order valence-electron chi connectivity index (χ2n) is 3.20. The molecule has 0 bridgehead atoms. The van der Waals surface area contributed by atoms with Gasteiger partial charge in [-0.15, -0.1) is 0 Å². The quantitative estimate of drug-likeness (QED) is 0.517. The highest BCUT2D eigenvalue weighted by Crippen LogP contribution is 2.32. The van der Waals surface area contributed by atoms with Crippen LogP contribution in [-0.4, -0.2) is 0 Å². The molecule has 0 saturated heterocycles. The Morgan fingerprint density at radius 1 is 1.40 bits per heavy atom. The van der Waals surface area contributed by atoms with Crippen molar-refractivity contribution in [3.8, 4) is 0 Å². The third kappa shape index (κ3) is 1.21. The van der Waals surface area contributed by atoms with E-state index in [4.69, 9.17) is 0 Å². The van der Waals surface area contributed by atoms with Crippen LogP contribution in [0.25, 0.3) is 0 Å². The van der Waals surface area contributed by atoms with Crippen molar-refractivity contribution >= 4 is 0 Å². The molecule has 0 nitrogen and oxygen atoms in total. The fourth-order valence-corrected chi connectivity index (χ4v) is 1.15. The lowest BCUT2D eigenvalue weighted by Crippen LogP contribution is -2.05. The number of rotatable bonds is 1. The Hall–Kier alpha value is -0.780. The lowest BCUT2D eigenvalue weighted by atomic mass is 9.87. The summed E-state index contributed by atoms with van der Waals surface area (Å²) in [4.78, 5) is 0. The van der Waals surface area contributed by atoms with Gasteiger partial charge in [-0.25, -0.2) is 0 Å². The topological polar surface area (TPSA) is 0 Å².